The second kappa shape index (κ2) is 6.22. The second-order valence-corrected chi connectivity index (χ2v) is 5.56. The highest BCUT2D eigenvalue weighted by molar-refractivity contribution is 5.96. The molecule has 2 aliphatic rings. The van der Waals surface area contributed by atoms with Crippen molar-refractivity contribution in [2.45, 2.75) is 64.5 Å². The van der Waals surface area contributed by atoms with Crippen molar-refractivity contribution in [2.24, 2.45) is 0 Å². The predicted octanol–water partition coefficient (Wildman–Crippen LogP) is 2.00. The maximum absolute atomic E-state index is 12.4. The normalized spacial score (nSPS) is 27.5. The quantitative estimate of drug-likeness (QED) is 0.772. The van der Waals surface area contributed by atoms with Crippen molar-refractivity contribution in [1.82, 2.24) is 10.2 Å². The van der Waals surface area contributed by atoms with Crippen molar-refractivity contribution >= 4 is 11.8 Å². The number of amides is 2. The molecule has 2 unspecified atom stereocenters. The Hall–Kier alpha value is -1.32. The molecule has 4 heteroatoms. The van der Waals surface area contributed by atoms with Crippen LogP contribution in [0.15, 0.2) is 11.6 Å². The van der Waals surface area contributed by atoms with E-state index in [-0.39, 0.29) is 23.9 Å². The number of nitrogens with one attached hydrogen (secondary N) is 1. The van der Waals surface area contributed by atoms with Gasteiger partial charge in [-0.2, -0.15) is 0 Å². The van der Waals surface area contributed by atoms with Gasteiger partial charge in [0.25, 0.3) is 0 Å². The number of rotatable bonds is 5. The van der Waals surface area contributed by atoms with E-state index < -0.39 is 0 Å². The van der Waals surface area contributed by atoms with Crippen LogP contribution < -0.4 is 5.32 Å². The molecule has 0 saturated carbocycles. The molecule has 19 heavy (non-hydrogen) atoms. The number of hydrogen-bond acceptors (Lipinski definition) is 2. The first-order valence-corrected chi connectivity index (χ1v) is 7.42. The van der Waals surface area contributed by atoms with E-state index in [1.165, 1.54) is 12.0 Å². The lowest BCUT2D eigenvalue weighted by molar-refractivity contribution is -0.148. The molecule has 106 valence electrons. The van der Waals surface area contributed by atoms with Gasteiger partial charge in [-0.15, -0.1) is 0 Å². The molecular weight excluding hydrogens is 240 g/mol. The zero-order valence-electron chi connectivity index (χ0n) is 11.9. The van der Waals surface area contributed by atoms with Crippen molar-refractivity contribution < 1.29 is 9.59 Å². The first-order valence-electron chi connectivity index (χ1n) is 7.42. The monoisotopic (exact) mass is 264 g/mol. The van der Waals surface area contributed by atoms with E-state index in [1.54, 1.807) is 4.90 Å². The summed E-state index contributed by atoms with van der Waals surface area (Å²) in [5.74, 6) is 0.0750. The van der Waals surface area contributed by atoms with E-state index in [9.17, 15) is 9.59 Å². The van der Waals surface area contributed by atoms with Gasteiger partial charge in [-0.3, -0.25) is 9.59 Å². The molecule has 4 nitrogen and oxygen atoms in total. The first kappa shape index (κ1) is 14.1. The van der Waals surface area contributed by atoms with Crippen LogP contribution in [0.5, 0.6) is 0 Å². The van der Waals surface area contributed by atoms with Gasteiger partial charge >= 0.3 is 0 Å². The maximum atomic E-state index is 12.4. The molecule has 2 amide bonds. The molecule has 1 aliphatic heterocycles. The number of hydrogen-bond donors (Lipinski definition) is 1. The molecule has 0 bridgehead atoms. The molecule has 1 N–H and O–H groups in total. The fraction of sp³-hybridized carbons (Fsp3) is 0.733. The smallest absolute Gasteiger partial charge is 0.245 e. The molecule has 1 aliphatic carbocycles. The maximum Gasteiger partial charge on any atom is 0.245 e. The van der Waals surface area contributed by atoms with E-state index in [0.29, 0.717) is 6.54 Å². The van der Waals surface area contributed by atoms with E-state index in [4.69, 9.17) is 0 Å². The van der Waals surface area contributed by atoms with Crippen molar-refractivity contribution in [2.75, 3.05) is 6.54 Å². The van der Waals surface area contributed by atoms with Gasteiger partial charge < -0.3 is 10.2 Å². The molecule has 2 atom stereocenters. The molecule has 0 radical (unpaired) electrons. The van der Waals surface area contributed by atoms with Crippen LogP contribution >= 0.6 is 0 Å². The largest absolute Gasteiger partial charge is 0.343 e. The van der Waals surface area contributed by atoms with Crippen molar-refractivity contribution in [3.05, 3.63) is 11.6 Å². The minimum absolute atomic E-state index is 0.0153. The summed E-state index contributed by atoms with van der Waals surface area (Å²) in [4.78, 5) is 26.0. The van der Waals surface area contributed by atoms with Gasteiger partial charge in [0, 0.05) is 6.54 Å². The highest BCUT2D eigenvalue weighted by Crippen LogP contribution is 2.22. The van der Waals surface area contributed by atoms with Crippen LogP contribution in [-0.2, 0) is 9.59 Å². The van der Waals surface area contributed by atoms with Crippen LogP contribution in [0, 0.1) is 0 Å². The summed E-state index contributed by atoms with van der Waals surface area (Å²) in [5, 5.41) is 2.83. The van der Waals surface area contributed by atoms with Crippen LogP contribution in [0.25, 0.3) is 0 Å². The van der Waals surface area contributed by atoms with Crippen LogP contribution in [-0.4, -0.2) is 35.3 Å². The molecule has 0 aromatic rings. The summed E-state index contributed by atoms with van der Waals surface area (Å²) in [6.45, 7) is 4.53. The minimum atomic E-state index is -0.331. The second-order valence-electron chi connectivity index (χ2n) is 5.56. The summed E-state index contributed by atoms with van der Waals surface area (Å²) >= 11 is 0. The Morgan fingerprint density at radius 3 is 2.84 bits per heavy atom. The lowest BCUT2D eigenvalue weighted by Gasteiger charge is -2.37. The minimum Gasteiger partial charge on any atom is -0.343 e. The topological polar surface area (TPSA) is 49.4 Å². The third kappa shape index (κ3) is 3.17. The van der Waals surface area contributed by atoms with Gasteiger partial charge in [-0.25, -0.2) is 0 Å². The predicted molar refractivity (Wildman–Crippen MR) is 74.6 cm³/mol. The van der Waals surface area contributed by atoms with E-state index >= 15 is 0 Å². The third-order valence-corrected chi connectivity index (χ3v) is 4.13. The van der Waals surface area contributed by atoms with Crippen LogP contribution in [0.4, 0.5) is 0 Å². The molecule has 2 rings (SSSR count). The average molecular weight is 264 g/mol. The fourth-order valence-electron chi connectivity index (χ4n) is 2.90. The lowest BCUT2D eigenvalue weighted by atomic mass is 10.0. The molecule has 1 fully saturated rings. The standard InChI is InChI=1S/C15H24N2O2/c1-3-6-13-15(19)17(11(2)14(18)16-13)10-9-12-7-4-5-8-12/h7,11,13H,3-6,8-10H2,1-2H3,(H,16,18). The Labute approximate surface area is 115 Å². The highest BCUT2D eigenvalue weighted by Gasteiger charge is 2.37. The number of piperazine rings is 1. The average Bonchev–Trinajstić information content (AvgIpc) is 2.89. The Bertz CT molecular complexity index is 390. The van der Waals surface area contributed by atoms with Gasteiger partial charge in [0.15, 0.2) is 0 Å². The molecule has 1 saturated heterocycles. The van der Waals surface area contributed by atoms with E-state index in [0.717, 1.165) is 32.1 Å². The highest BCUT2D eigenvalue weighted by atomic mass is 16.2. The molecule has 1 heterocycles. The Kier molecular flexibility index (Phi) is 4.61. The third-order valence-electron chi connectivity index (χ3n) is 4.13. The van der Waals surface area contributed by atoms with Crippen LogP contribution in [0.1, 0.15) is 52.4 Å². The van der Waals surface area contributed by atoms with Gasteiger partial charge in [-0.05, 0) is 39.0 Å². The molecule has 0 aromatic heterocycles. The van der Waals surface area contributed by atoms with Gasteiger partial charge in [0.2, 0.25) is 11.8 Å². The molecular formula is C15H24N2O2. The summed E-state index contributed by atoms with van der Waals surface area (Å²) in [5.41, 5.74) is 1.44. The number of carbonyl (C=O) groups excluding carboxylic acids is 2. The number of allylic oxidation sites excluding steroid dienone is 1. The SMILES string of the molecule is CCCC1NC(=O)C(C)N(CCC2=CCCC2)C1=O. The van der Waals surface area contributed by atoms with E-state index in [2.05, 4.69) is 11.4 Å². The van der Waals surface area contributed by atoms with E-state index in [1.807, 2.05) is 13.8 Å². The van der Waals surface area contributed by atoms with Crippen molar-refractivity contribution in [3.63, 3.8) is 0 Å². The Morgan fingerprint density at radius 1 is 1.42 bits per heavy atom. The number of carbonyl (C=O) groups is 2. The fourth-order valence-corrected chi connectivity index (χ4v) is 2.90. The van der Waals surface area contributed by atoms with Gasteiger partial charge in [0.1, 0.15) is 12.1 Å². The molecule has 0 aromatic carbocycles. The summed E-state index contributed by atoms with van der Waals surface area (Å²) in [6, 6.07) is -0.645. The van der Waals surface area contributed by atoms with Crippen molar-refractivity contribution in [1.29, 1.82) is 0 Å². The number of nitrogens with zero attached hydrogens (tertiary/aromatic N) is 1. The summed E-state index contributed by atoms with van der Waals surface area (Å²) in [6.07, 6.45) is 8.39. The van der Waals surface area contributed by atoms with Crippen molar-refractivity contribution in [3.8, 4) is 0 Å². The zero-order valence-corrected chi connectivity index (χ0v) is 11.9. The first-order chi connectivity index (χ1) is 9.13. The Balaban J connectivity index is 1.98. The summed E-state index contributed by atoms with van der Waals surface area (Å²) < 4.78 is 0. The van der Waals surface area contributed by atoms with Crippen LogP contribution in [0.3, 0.4) is 0 Å². The van der Waals surface area contributed by atoms with Gasteiger partial charge in [-0.1, -0.05) is 25.0 Å². The zero-order chi connectivity index (χ0) is 13.8. The van der Waals surface area contributed by atoms with Gasteiger partial charge in [0.05, 0.1) is 0 Å². The lowest BCUT2D eigenvalue weighted by Crippen LogP contribution is -2.62. The molecule has 0 spiro atoms. The summed E-state index contributed by atoms with van der Waals surface area (Å²) in [7, 11) is 0. The van der Waals surface area contributed by atoms with Crippen LogP contribution in [0.2, 0.25) is 0 Å². The Morgan fingerprint density at radius 2 is 2.21 bits per heavy atom.